The molecule has 4 heteroatoms. The summed E-state index contributed by atoms with van der Waals surface area (Å²) in [5.41, 5.74) is 9.36. The van der Waals surface area contributed by atoms with Gasteiger partial charge in [-0.3, -0.25) is 9.97 Å². The number of hydrogen-bond acceptors (Lipinski definition) is 4. The fraction of sp³-hybridized carbons (Fsp3) is 0.0500. The monoisotopic (exact) mass is 562 g/mol. The summed E-state index contributed by atoms with van der Waals surface area (Å²) in [5, 5.41) is 7.39. The Bertz CT molecular complexity index is 2450. The Morgan fingerprint density at radius 3 is 1.68 bits per heavy atom. The zero-order chi connectivity index (χ0) is 28.8. The average molecular weight is 563 g/mol. The van der Waals surface area contributed by atoms with Crippen molar-refractivity contribution < 1.29 is 0 Å². The topological polar surface area (TPSA) is 32.3 Å². The Labute approximate surface area is 254 Å². The predicted octanol–water partition coefficient (Wildman–Crippen LogP) is 10.2. The van der Waals surface area contributed by atoms with Crippen LogP contribution in [-0.4, -0.2) is 9.97 Å². The van der Waals surface area contributed by atoms with Gasteiger partial charge in [0, 0.05) is 33.0 Å². The van der Waals surface area contributed by atoms with Crippen molar-refractivity contribution in [3.63, 3.8) is 0 Å². The number of nitrogens with zero attached hydrogens (tertiary/aromatic N) is 4. The van der Waals surface area contributed by atoms with Crippen LogP contribution in [0, 0.1) is 0 Å². The van der Waals surface area contributed by atoms with Crippen LogP contribution in [0.15, 0.2) is 146 Å². The molecule has 0 radical (unpaired) electrons. The molecule has 4 heterocycles. The van der Waals surface area contributed by atoms with Crippen molar-refractivity contribution in [1.82, 2.24) is 9.97 Å². The minimum absolute atomic E-state index is 0.0336. The molecule has 2 unspecified atom stereocenters. The third-order valence-corrected chi connectivity index (χ3v) is 9.56. The van der Waals surface area contributed by atoms with Gasteiger partial charge < -0.3 is 9.80 Å². The van der Waals surface area contributed by atoms with Crippen LogP contribution < -0.4 is 9.80 Å². The number of fused-ring (bicyclic) bond motifs is 12. The largest absolute Gasteiger partial charge is 0.330 e. The summed E-state index contributed by atoms with van der Waals surface area (Å²) in [6.07, 6.45) is 4.10. The molecule has 0 amide bonds. The summed E-state index contributed by atoms with van der Waals surface area (Å²) in [6, 6.07) is 48.2. The maximum absolute atomic E-state index is 4.96. The Balaban J connectivity index is 1.33. The minimum Gasteiger partial charge on any atom is -0.330 e. The van der Waals surface area contributed by atoms with Crippen LogP contribution in [0.2, 0.25) is 0 Å². The fourth-order valence-electron chi connectivity index (χ4n) is 7.81. The van der Waals surface area contributed by atoms with E-state index in [0.717, 1.165) is 33.2 Å². The fourth-order valence-corrected chi connectivity index (χ4v) is 7.81. The predicted molar refractivity (Wildman–Crippen MR) is 181 cm³/mol. The Morgan fingerprint density at radius 1 is 0.455 bits per heavy atom. The molecule has 4 nitrogen and oxygen atoms in total. The molecule has 10 rings (SSSR count). The summed E-state index contributed by atoms with van der Waals surface area (Å²) >= 11 is 0. The number of benzene rings is 6. The number of hydrogen-bond donors (Lipinski definition) is 0. The molecule has 2 aliphatic heterocycles. The van der Waals surface area contributed by atoms with Crippen LogP contribution in [0.4, 0.5) is 22.7 Å². The highest BCUT2D eigenvalue weighted by Crippen LogP contribution is 2.65. The Kier molecular flexibility index (Phi) is 4.80. The average Bonchev–Trinajstić information content (AvgIpc) is 3.61. The maximum Gasteiger partial charge on any atom is 0.0868 e. The maximum atomic E-state index is 4.96. The molecule has 2 aliphatic rings. The number of rotatable bonds is 2. The number of anilines is 4. The van der Waals surface area contributed by atoms with E-state index in [1.807, 2.05) is 6.20 Å². The van der Waals surface area contributed by atoms with E-state index in [-0.39, 0.29) is 12.1 Å². The molecule has 0 bridgehead atoms. The van der Waals surface area contributed by atoms with Crippen molar-refractivity contribution in [2.45, 2.75) is 12.1 Å². The first kappa shape index (κ1) is 23.8. The lowest BCUT2D eigenvalue weighted by atomic mass is 9.91. The third-order valence-electron chi connectivity index (χ3n) is 9.56. The lowest BCUT2D eigenvalue weighted by Gasteiger charge is -2.29. The third kappa shape index (κ3) is 3.17. The minimum atomic E-state index is 0.0336. The molecule has 8 aromatic rings. The molecular weight excluding hydrogens is 536 g/mol. The Morgan fingerprint density at radius 2 is 0.977 bits per heavy atom. The summed E-state index contributed by atoms with van der Waals surface area (Å²) in [6.45, 7) is 0. The quantitative estimate of drug-likeness (QED) is 0.196. The van der Waals surface area contributed by atoms with E-state index < -0.39 is 0 Å². The van der Waals surface area contributed by atoms with Crippen molar-refractivity contribution in [2.75, 3.05) is 9.80 Å². The van der Waals surface area contributed by atoms with Gasteiger partial charge in [-0.15, -0.1) is 0 Å². The van der Waals surface area contributed by atoms with E-state index in [2.05, 4.69) is 149 Å². The smallest absolute Gasteiger partial charge is 0.0868 e. The van der Waals surface area contributed by atoms with E-state index >= 15 is 0 Å². The number of para-hydroxylation sites is 3. The first-order chi connectivity index (χ1) is 21.8. The lowest BCUT2D eigenvalue weighted by molar-refractivity contribution is 0.636. The summed E-state index contributed by atoms with van der Waals surface area (Å²) in [5.74, 6) is 0. The first-order valence-electron chi connectivity index (χ1n) is 15.2. The highest BCUT2D eigenvalue weighted by molar-refractivity contribution is 6.18. The molecule has 2 atom stereocenters. The molecule has 2 aromatic heterocycles. The molecule has 0 aliphatic carbocycles. The SMILES string of the molecule is c1ccc2c(c1)C1C(c3c(c4ccccc4c4ccccc34)N1c1cnc3ccccc3c1)N2c1cnc2ccccc2c1. The number of aromatic nitrogens is 2. The van der Waals surface area contributed by atoms with E-state index in [4.69, 9.17) is 9.97 Å². The molecule has 6 aromatic carbocycles. The second-order valence-corrected chi connectivity index (χ2v) is 11.8. The number of pyridine rings is 2. The zero-order valence-electron chi connectivity index (χ0n) is 23.8. The summed E-state index contributed by atoms with van der Waals surface area (Å²) < 4.78 is 0. The van der Waals surface area contributed by atoms with Gasteiger partial charge in [0.05, 0.1) is 52.6 Å². The Hall–Kier alpha value is -5.74. The van der Waals surface area contributed by atoms with Gasteiger partial charge in [-0.1, -0.05) is 103 Å². The van der Waals surface area contributed by atoms with Gasteiger partial charge in [0.1, 0.15) is 0 Å². The highest BCUT2D eigenvalue weighted by atomic mass is 15.3. The second kappa shape index (κ2) is 8.88. The van der Waals surface area contributed by atoms with Gasteiger partial charge in [-0.2, -0.15) is 0 Å². The molecule has 0 spiro atoms. The van der Waals surface area contributed by atoms with Crippen molar-refractivity contribution in [3.8, 4) is 0 Å². The molecule has 44 heavy (non-hydrogen) atoms. The standard InChI is InChI=1S/C40H26N4/c1-8-18-34-25(11-1)21-27(23-41-34)43-36-20-10-7-17-33(36)39-40(43)37-31-15-5-3-13-29(31)30-14-4-6-16-32(30)38(37)44(39)28-22-26-12-2-9-19-35(26)42-24-28/h1-24,39-40H. The molecule has 0 fully saturated rings. The second-order valence-electron chi connectivity index (χ2n) is 11.8. The van der Waals surface area contributed by atoms with Gasteiger partial charge in [0.15, 0.2) is 0 Å². The van der Waals surface area contributed by atoms with Crippen LogP contribution in [-0.2, 0) is 0 Å². The van der Waals surface area contributed by atoms with Gasteiger partial charge in [0.25, 0.3) is 0 Å². The zero-order valence-corrected chi connectivity index (χ0v) is 23.8. The van der Waals surface area contributed by atoms with Gasteiger partial charge in [-0.25, -0.2) is 0 Å². The van der Waals surface area contributed by atoms with Gasteiger partial charge >= 0.3 is 0 Å². The molecule has 0 saturated carbocycles. The van der Waals surface area contributed by atoms with Crippen LogP contribution in [0.1, 0.15) is 23.2 Å². The lowest BCUT2D eigenvalue weighted by Crippen LogP contribution is -2.24. The van der Waals surface area contributed by atoms with Crippen LogP contribution >= 0.6 is 0 Å². The van der Waals surface area contributed by atoms with E-state index in [1.54, 1.807) is 0 Å². The van der Waals surface area contributed by atoms with Crippen molar-refractivity contribution in [2.24, 2.45) is 0 Å². The normalized spacial score (nSPS) is 17.0. The van der Waals surface area contributed by atoms with E-state index in [1.165, 1.54) is 44.0 Å². The van der Waals surface area contributed by atoms with Gasteiger partial charge in [0.2, 0.25) is 0 Å². The van der Waals surface area contributed by atoms with Crippen LogP contribution in [0.25, 0.3) is 43.4 Å². The molecule has 0 N–H and O–H groups in total. The van der Waals surface area contributed by atoms with Crippen molar-refractivity contribution in [3.05, 3.63) is 157 Å². The molecule has 206 valence electrons. The first-order valence-corrected chi connectivity index (χ1v) is 15.2. The summed E-state index contributed by atoms with van der Waals surface area (Å²) in [7, 11) is 0. The van der Waals surface area contributed by atoms with Crippen molar-refractivity contribution in [1.29, 1.82) is 0 Å². The van der Waals surface area contributed by atoms with Crippen molar-refractivity contribution >= 4 is 66.1 Å². The van der Waals surface area contributed by atoms with Crippen LogP contribution in [0.3, 0.4) is 0 Å². The highest BCUT2D eigenvalue weighted by Gasteiger charge is 2.51. The van der Waals surface area contributed by atoms with E-state index in [9.17, 15) is 0 Å². The van der Waals surface area contributed by atoms with Gasteiger partial charge in [-0.05, 0) is 46.5 Å². The van der Waals surface area contributed by atoms with Crippen LogP contribution in [0.5, 0.6) is 0 Å². The van der Waals surface area contributed by atoms with E-state index in [0.29, 0.717) is 0 Å². The molecule has 0 saturated heterocycles. The summed E-state index contributed by atoms with van der Waals surface area (Å²) in [4.78, 5) is 15.0. The molecular formula is C40H26N4.